The first-order valence-corrected chi connectivity index (χ1v) is 8.91. The summed E-state index contributed by atoms with van der Waals surface area (Å²) in [6.45, 7) is 1.49. The van der Waals surface area contributed by atoms with E-state index in [-0.39, 0.29) is 17.3 Å². The molecule has 1 amide bonds. The number of aromatic nitrogens is 1. The standard InChI is InChI=1S/C22H19FN2O2/c23-20-8-6-17(7-9-20)22(27)24-11-10-18-12-21(26)25(15-19(18)14-24)13-16-4-2-1-3-5-16/h1-9,12,15H,10-11,13-14H2. The van der Waals surface area contributed by atoms with E-state index in [1.165, 1.54) is 24.3 Å². The Kier molecular flexibility index (Phi) is 4.59. The average Bonchev–Trinajstić information content (AvgIpc) is 2.69. The minimum atomic E-state index is -0.361. The summed E-state index contributed by atoms with van der Waals surface area (Å²) in [6, 6.07) is 17.1. The predicted molar refractivity (Wildman–Crippen MR) is 101 cm³/mol. The van der Waals surface area contributed by atoms with Crippen molar-refractivity contribution in [2.24, 2.45) is 0 Å². The molecule has 4 rings (SSSR count). The van der Waals surface area contributed by atoms with Crippen LogP contribution in [0.4, 0.5) is 4.39 Å². The first-order chi connectivity index (χ1) is 13.1. The zero-order chi connectivity index (χ0) is 18.8. The third-order valence-electron chi connectivity index (χ3n) is 4.89. The van der Waals surface area contributed by atoms with Crippen LogP contribution in [0.1, 0.15) is 27.0 Å². The molecule has 136 valence electrons. The summed E-state index contributed by atoms with van der Waals surface area (Å²) < 4.78 is 14.8. The molecule has 27 heavy (non-hydrogen) atoms. The van der Waals surface area contributed by atoms with Crippen LogP contribution in [0, 0.1) is 5.82 Å². The minimum absolute atomic E-state index is 0.0316. The van der Waals surface area contributed by atoms with Crippen LogP contribution in [0.2, 0.25) is 0 Å². The van der Waals surface area contributed by atoms with E-state index in [9.17, 15) is 14.0 Å². The molecule has 0 saturated carbocycles. The highest BCUT2D eigenvalue weighted by Crippen LogP contribution is 2.20. The van der Waals surface area contributed by atoms with Gasteiger partial charge in [0.1, 0.15) is 5.82 Å². The molecular formula is C22H19FN2O2. The van der Waals surface area contributed by atoms with Gasteiger partial charge in [-0.2, -0.15) is 0 Å². The number of carbonyl (C=O) groups excluding carboxylic acids is 1. The van der Waals surface area contributed by atoms with Crippen LogP contribution >= 0.6 is 0 Å². The third kappa shape index (κ3) is 3.67. The van der Waals surface area contributed by atoms with Gasteiger partial charge in [0.05, 0.1) is 6.54 Å². The SMILES string of the molecule is O=C(c1ccc(F)cc1)N1CCc2cc(=O)n(Cc3ccccc3)cc2C1. The zero-order valence-corrected chi connectivity index (χ0v) is 14.8. The van der Waals surface area contributed by atoms with Gasteiger partial charge in [0, 0.05) is 30.9 Å². The van der Waals surface area contributed by atoms with E-state index in [1.54, 1.807) is 15.5 Å². The molecule has 4 nitrogen and oxygen atoms in total. The smallest absolute Gasteiger partial charge is 0.254 e. The van der Waals surface area contributed by atoms with E-state index in [4.69, 9.17) is 0 Å². The summed E-state index contributed by atoms with van der Waals surface area (Å²) in [6.07, 6.45) is 2.50. The van der Waals surface area contributed by atoms with Crippen LogP contribution in [0.5, 0.6) is 0 Å². The Labute approximate surface area is 156 Å². The van der Waals surface area contributed by atoms with Crippen molar-refractivity contribution in [3.05, 3.63) is 105 Å². The minimum Gasteiger partial charge on any atom is -0.334 e. The number of amides is 1. The maximum absolute atomic E-state index is 13.1. The van der Waals surface area contributed by atoms with Gasteiger partial charge in [-0.3, -0.25) is 9.59 Å². The van der Waals surface area contributed by atoms with Crippen molar-refractivity contribution in [1.29, 1.82) is 0 Å². The summed E-state index contributed by atoms with van der Waals surface area (Å²) in [5.74, 6) is -0.484. The monoisotopic (exact) mass is 362 g/mol. The molecule has 0 fully saturated rings. The van der Waals surface area contributed by atoms with E-state index in [0.29, 0.717) is 31.6 Å². The fraction of sp³-hybridized carbons (Fsp3) is 0.182. The van der Waals surface area contributed by atoms with Crippen LogP contribution in [0.25, 0.3) is 0 Å². The number of rotatable bonds is 3. The number of hydrogen-bond donors (Lipinski definition) is 0. The van der Waals surface area contributed by atoms with Gasteiger partial charge in [-0.15, -0.1) is 0 Å². The number of halogens is 1. The van der Waals surface area contributed by atoms with Gasteiger partial charge in [-0.1, -0.05) is 30.3 Å². The second kappa shape index (κ2) is 7.19. The lowest BCUT2D eigenvalue weighted by atomic mass is 10.0. The lowest BCUT2D eigenvalue weighted by molar-refractivity contribution is 0.0734. The lowest BCUT2D eigenvalue weighted by Crippen LogP contribution is -2.37. The van der Waals surface area contributed by atoms with Gasteiger partial charge in [0.2, 0.25) is 0 Å². The molecule has 1 aromatic heterocycles. The molecule has 1 aliphatic heterocycles. The van der Waals surface area contributed by atoms with Gasteiger partial charge < -0.3 is 9.47 Å². The van der Waals surface area contributed by atoms with Crippen LogP contribution in [-0.2, 0) is 19.5 Å². The molecule has 0 unspecified atom stereocenters. The van der Waals surface area contributed by atoms with Gasteiger partial charge in [-0.05, 0) is 47.4 Å². The van der Waals surface area contributed by atoms with Gasteiger partial charge in [0.25, 0.3) is 11.5 Å². The highest BCUT2D eigenvalue weighted by atomic mass is 19.1. The lowest BCUT2D eigenvalue weighted by Gasteiger charge is -2.29. The van der Waals surface area contributed by atoms with Crippen LogP contribution < -0.4 is 5.56 Å². The molecule has 3 aromatic rings. The topological polar surface area (TPSA) is 42.3 Å². The predicted octanol–water partition coefficient (Wildman–Crippen LogP) is 3.23. The molecule has 0 radical (unpaired) electrons. The van der Waals surface area contributed by atoms with E-state index in [2.05, 4.69) is 0 Å². The average molecular weight is 362 g/mol. The number of benzene rings is 2. The Bertz CT molecular complexity index is 1030. The summed E-state index contributed by atoms with van der Waals surface area (Å²) in [7, 11) is 0. The van der Waals surface area contributed by atoms with Crippen LogP contribution in [-0.4, -0.2) is 21.9 Å². The quantitative estimate of drug-likeness (QED) is 0.718. The number of nitrogens with zero attached hydrogens (tertiary/aromatic N) is 2. The summed E-state index contributed by atoms with van der Waals surface area (Å²) >= 11 is 0. The fourth-order valence-electron chi connectivity index (χ4n) is 3.43. The van der Waals surface area contributed by atoms with Crippen molar-refractivity contribution in [1.82, 2.24) is 9.47 Å². The normalized spacial score (nSPS) is 13.3. The maximum atomic E-state index is 13.1. The second-order valence-corrected chi connectivity index (χ2v) is 6.76. The number of fused-ring (bicyclic) bond motifs is 1. The van der Waals surface area contributed by atoms with Crippen molar-refractivity contribution in [3.63, 3.8) is 0 Å². The molecular weight excluding hydrogens is 343 g/mol. The molecule has 0 aliphatic carbocycles. The Hall–Kier alpha value is -3.21. The van der Waals surface area contributed by atoms with E-state index < -0.39 is 0 Å². The van der Waals surface area contributed by atoms with Gasteiger partial charge in [-0.25, -0.2) is 4.39 Å². The summed E-state index contributed by atoms with van der Waals surface area (Å²) in [5.41, 5.74) is 3.46. The maximum Gasteiger partial charge on any atom is 0.254 e. The number of pyridine rings is 1. The highest BCUT2D eigenvalue weighted by Gasteiger charge is 2.22. The molecule has 5 heteroatoms. The zero-order valence-electron chi connectivity index (χ0n) is 14.8. The first-order valence-electron chi connectivity index (χ1n) is 8.91. The van der Waals surface area contributed by atoms with Gasteiger partial charge >= 0.3 is 0 Å². The van der Waals surface area contributed by atoms with Crippen LogP contribution in [0.15, 0.2) is 71.7 Å². The molecule has 2 aromatic carbocycles. The van der Waals surface area contributed by atoms with Crippen molar-refractivity contribution < 1.29 is 9.18 Å². The van der Waals surface area contributed by atoms with Gasteiger partial charge in [0.15, 0.2) is 0 Å². The Morgan fingerprint density at radius 3 is 2.48 bits per heavy atom. The van der Waals surface area contributed by atoms with E-state index in [0.717, 1.165) is 16.7 Å². The first kappa shape index (κ1) is 17.2. The van der Waals surface area contributed by atoms with Crippen LogP contribution in [0.3, 0.4) is 0 Å². The molecule has 0 N–H and O–H groups in total. The van der Waals surface area contributed by atoms with Crippen molar-refractivity contribution in [2.45, 2.75) is 19.5 Å². The van der Waals surface area contributed by atoms with E-state index in [1.807, 2.05) is 36.5 Å². The Balaban J connectivity index is 1.58. The Morgan fingerprint density at radius 2 is 1.74 bits per heavy atom. The van der Waals surface area contributed by atoms with Crippen molar-refractivity contribution >= 4 is 5.91 Å². The number of hydrogen-bond acceptors (Lipinski definition) is 2. The van der Waals surface area contributed by atoms with E-state index >= 15 is 0 Å². The molecule has 0 atom stereocenters. The molecule has 0 bridgehead atoms. The molecule has 0 saturated heterocycles. The Morgan fingerprint density at radius 1 is 1.00 bits per heavy atom. The van der Waals surface area contributed by atoms with Crippen molar-refractivity contribution in [2.75, 3.05) is 6.54 Å². The second-order valence-electron chi connectivity index (χ2n) is 6.76. The summed E-state index contributed by atoms with van der Waals surface area (Å²) in [4.78, 5) is 26.9. The fourth-order valence-corrected chi connectivity index (χ4v) is 3.43. The molecule has 1 aliphatic rings. The summed E-state index contributed by atoms with van der Waals surface area (Å²) in [5, 5.41) is 0. The number of carbonyl (C=O) groups is 1. The third-order valence-corrected chi connectivity index (χ3v) is 4.89. The molecule has 2 heterocycles. The largest absolute Gasteiger partial charge is 0.334 e. The van der Waals surface area contributed by atoms with Crippen molar-refractivity contribution in [3.8, 4) is 0 Å². The molecule has 0 spiro atoms. The highest BCUT2D eigenvalue weighted by molar-refractivity contribution is 5.94.